The minimum absolute atomic E-state index is 0.0284. The second-order valence-corrected chi connectivity index (χ2v) is 11.4. The van der Waals surface area contributed by atoms with Crippen LogP contribution in [0.3, 0.4) is 0 Å². The van der Waals surface area contributed by atoms with Gasteiger partial charge in [0.1, 0.15) is 30.4 Å². The van der Waals surface area contributed by atoms with Crippen LogP contribution >= 0.6 is 11.6 Å². The number of hydrogen-bond acceptors (Lipinski definition) is 7. The smallest absolute Gasteiger partial charge is 0.264 e. The fourth-order valence-corrected chi connectivity index (χ4v) is 5.43. The highest BCUT2D eigenvalue weighted by Crippen LogP contribution is 2.35. The van der Waals surface area contributed by atoms with Gasteiger partial charge >= 0.3 is 0 Å². The summed E-state index contributed by atoms with van der Waals surface area (Å²) in [6.45, 7) is 1.70. The molecule has 0 heterocycles. The van der Waals surface area contributed by atoms with Crippen molar-refractivity contribution in [1.82, 2.24) is 5.43 Å². The van der Waals surface area contributed by atoms with E-state index in [2.05, 4.69) is 10.5 Å². The molecule has 0 radical (unpaired) electrons. The number of hydrogen-bond donors (Lipinski definition) is 1. The summed E-state index contributed by atoms with van der Waals surface area (Å²) < 4.78 is 44.8. The fraction of sp³-hybridized carbons (Fsp3) is 0.161. The van der Waals surface area contributed by atoms with Crippen molar-refractivity contribution in [3.8, 4) is 17.2 Å². The molecule has 0 fully saturated rings. The highest BCUT2D eigenvalue weighted by Gasteiger charge is 2.29. The number of carbonyl (C=O) groups excluding carboxylic acids is 1. The number of hydrazone groups is 1. The topological polar surface area (TPSA) is 107 Å². The van der Waals surface area contributed by atoms with Crippen molar-refractivity contribution in [2.45, 2.75) is 18.4 Å². The number of sulfonamides is 1. The van der Waals surface area contributed by atoms with Gasteiger partial charge < -0.3 is 14.2 Å². The lowest BCUT2D eigenvalue weighted by molar-refractivity contribution is -0.119. The van der Waals surface area contributed by atoms with E-state index in [1.54, 1.807) is 60.7 Å². The first-order valence-corrected chi connectivity index (χ1v) is 14.6. The van der Waals surface area contributed by atoms with Gasteiger partial charge in [-0.3, -0.25) is 9.10 Å². The largest absolute Gasteiger partial charge is 0.497 e. The van der Waals surface area contributed by atoms with Crippen molar-refractivity contribution in [2.24, 2.45) is 5.10 Å². The van der Waals surface area contributed by atoms with Gasteiger partial charge in [-0.25, -0.2) is 13.8 Å². The summed E-state index contributed by atoms with van der Waals surface area (Å²) in [7, 11) is -1.25. The average molecular weight is 608 g/mol. The predicted molar refractivity (Wildman–Crippen MR) is 163 cm³/mol. The van der Waals surface area contributed by atoms with Crippen LogP contribution in [-0.2, 0) is 21.4 Å². The molecule has 0 saturated heterocycles. The van der Waals surface area contributed by atoms with Crippen LogP contribution in [0.25, 0.3) is 0 Å². The molecule has 1 amide bonds. The monoisotopic (exact) mass is 607 g/mol. The van der Waals surface area contributed by atoms with E-state index in [9.17, 15) is 13.2 Å². The minimum atomic E-state index is -4.15. The average Bonchev–Trinajstić information content (AvgIpc) is 3.00. The molecule has 4 aromatic rings. The number of methoxy groups -OCH3 is 2. The SMILES string of the molecule is COc1ccc(N(CC(=O)N/N=C\c2ccc(OCc3ccc(Cl)cc3)cc2)S(=O)(=O)c2ccc(C)cc2)c(OC)c1. The summed E-state index contributed by atoms with van der Waals surface area (Å²) in [5.74, 6) is 0.706. The number of nitrogens with one attached hydrogen (secondary N) is 1. The Morgan fingerprint density at radius 2 is 1.57 bits per heavy atom. The lowest BCUT2D eigenvalue weighted by Crippen LogP contribution is -2.39. The lowest BCUT2D eigenvalue weighted by Gasteiger charge is -2.25. The number of carbonyl (C=O) groups is 1. The van der Waals surface area contributed by atoms with Crippen molar-refractivity contribution >= 4 is 39.4 Å². The first kappa shape index (κ1) is 30.4. The van der Waals surface area contributed by atoms with Crippen molar-refractivity contribution in [3.63, 3.8) is 0 Å². The van der Waals surface area contributed by atoms with Crippen LogP contribution in [0.15, 0.2) is 101 Å². The van der Waals surface area contributed by atoms with Gasteiger partial charge in [0, 0.05) is 11.1 Å². The van der Waals surface area contributed by atoms with Crippen LogP contribution < -0.4 is 23.9 Å². The summed E-state index contributed by atoms with van der Waals surface area (Å²) in [4.78, 5) is 13.0. The molecule has 218 valence electrons. The van der Waals surface area contributed by atoms with E-state index in [1.807, 2.05) is 19.1 Å². The Kier molecular flexibility index (Phi) is 10.1. The Hall–Kier alpha value is -4.54. The van der Waals surface area contributed by atoms with Gasteiger partial charge in [-0.05, 0) is 78.7 Å². The molecule has 4 rings (SSSR count). The highest BCUT2D eigenvalue weighted by molar-refractivity contribution is 7.92. The zero-order chi connectivity index (χ0) is 30.1. The van der Waals surface area contributed by atoms with E-state index in [-0.39, 0.29) is 16.3 Å². The number of ether oxygens (including phenoxy) is 3. The summed E-state index contributed by atoms with van der Waals surface area (Å²) in [5, 5.41) is 4.67. The minimum Gasteiger partial charge on any atom is -0.497 e. The fourth-order valence-electron chi connectivity index (χ4n) is 3.87. The van der Waals surface area contributed by atoms with Crippen LogP contribution in [0.2, 0.25) is 5.02 Å². The summed E-state index contributed by atoms with van der Waals surface area (Å²) >= 11 is 5.91. The Balaban J connectivity index is 1.46. The zero-order valence-electron chi connectivity index (χ0n) is 23.3. The van der Waals surface area contributed by atoms with Gasteiger partial charge in [0.15, 0.2) is 0 Å². The summed E-state index contributed by atoms with van der Waals surface area (Å²) in [6.07, 6.45) is 1.45. The van der Waals surface area contributed by atoms with Gasteiger partial charge in [-0.1, -0.05) is 41.4 Å². The Bertz CT molecular complexity index is 1640. The molecule has 0 aliphatic rings. The maximum absolute atomic E-state index is 13.7. The molecule has 9 nitrogen and oxygen atoms in total. The summed E-state index contributed by atoms with van der Waals surface area (Å²) in [5.41, 5.74) is 5.17. The molecule has 0 bridgehead atoms. The molecule has 0 atom stereocenters. The van der Waals surface area contributed by atoms with Crippen LogP contribution in [0.5, 0.6) is 17.2 Å². The van der Waals surface area contributed by atoms with Crippen molar-refractivity contribution in [3.05, 3.63) is 113 Å². The van der Waals surface area contributed by atoms with Gasteiger partial charge in [0.25, 0.3) is 15.9 Å². The van der Waals surface area contributed by atoms with E-state index in [4.69, 9.17) is 25.8 Å². The molecule has 0 unspecified atom stereocenters. The third kappa shape index (κ3) is 7.80. The summed E-state index contributed by atoms with van der Waals surface area (Å²) in [6, 6.07) is 25.5. The molecule has 1 N–H and O–H groups in total. The number of rotatable bonds is 12. The third-order valence-corrected chi connectivity index (χ3v) is 8.18. The number of aryl methyl sites for hydroxylation is 1. The van der Waals surface area contributed by atoms with Crippen LogP contribution in [0, 0.1) is 6.92 Å². The van der Waals surface area contributed by atoms with Gasteiger partial charge in [0.05, 0.1) is 31.0 Å². The number of benzene rings is 4. The van der Waals surface area contributed by atoms with E-state index < -0.39 is 22.5 Å². The lowest BCUT2D eigenvalue weighted by atomic mass is 10.2. The first-order valence-electron chi connectivity index (χ1n) is 12.8. The molecule has 0 aliphatic carbocycles. The highest BCUT2D eigenvalue weighted by atomic mass is 35.5. The number of anilines is 1. The van der Waals surface area contributed by atoms with Crippen molar-refractivity contribution in [2.75, 3.05) is 25.1 Å². The molecule has 42 heavy (non-hydrogen) atoms. The molecular formula is C31H30ClN3O6S. The van der Waals surface area contributed by atoms with Crippen LogP contribution in [0.4, 0.5) is 5.69 Å². The maximum Gasteiger partial charge on any atom is 0.264 e. The Morgan fingerprint density at radius 3 is 2.21 bits per heavy atom. The third-order valence-electron chi connectivity index (χ3n) is 6.15. The number of amides is 1. The normalized spacial score (nSPS) is 11.2. The number of halogens is 1. The molecule has 4 aromatic carbocycles. The van der Waals surface area contributed by atoms with E-state index >= 15 is 0 Å². The first-order chi connectivity index (χ1) is 20.2. The van der Waals surface area contributed by atoms with Crippen LogP contribution in [0.1, 0.15) is 16.7 Å². The standard InChI is InChI=1S/C31H30ClN3O6S/c1-22-4-15-28(16-5-22)42(37,38)35(29-17-14-27(39-2)18-30(29)40-3)20-31(36)34-33-19-23-8-12-26(13-9-23)41-21-24-6-10-25(32)11-7-24/h4-19H,20-21H2,1-3H3,(H,34,36)/b33-19-. The van der Waals surface area contributed by atoms with Crippen LogP contribution in [-0.4, -0.2) is 41.3 Å². The van der Waals surface area contributed by atoms with E-state index in [0.717, 1.165) is 15.4 Å². The molecule has 11 heteroatoms. The molecule has 0 aromatic heterocycles. The molecule has 0 aliphatic heterocycles. The van der Waals surface area contributed by atoms with E-state index in [1.165, 1.54) is 38.6 Å². The Morgan fingerprint density at radius 1 is 0.905 bits per heavy atom. The molecule has 0 saturated carbocycles. The quantitative estimate of drug-likeness (QED) is 0.166. The van der Waals surface area contributed by atoms with Gasteiger partial charge in [0.2, 0.25) is 0 Å². The van der Waals surface area contributed by atoms with Gasteiger partial charge in [-0.15, -0.1) is 0 Å². The number of nitrogens with zero attached hydrogens (tertiary/aromatic N) is 2. The molecule has 0 spiro atoms. The molecular weight excluding hydrogens is 578 g/mol. The van der Waals surface area contributed by atoms with Gasteiger partial charge in [-0.2, -0.15) is 5.10 Å². The van der Waals surface area contributed by atoms with E-state index in [0.29, 0.717) is 28.7 Å². The van der Waals surface area contributed by atoms with Crippen molar-refractivity contribution < 1.29 is 27.4 Å². The zero-order valence-corrected chi connectivity index (χ0v) is 24.9. The second-order valence-electron chi connectivity index (χ2n) is 9.14. The predicted octanol–water partition coefficient (Wildman–Crippen LogP) is 5.59. The van der Waals surface area contributed by atoms with Crippen molar-refractivity contribution in [1.29, 1.82) is 0 Å². The maximum atomic E-state index is 13.7. The Labute approximate surface area is 250 Å². The second kappa shape index (κ2) is 13.9.